The fraction of sp³-hybridized carbons (Fsp3) is 0. The van der Waals surface area contributed by atoms with E-state index >= 15 is 0 Å². The van der Waals surface area contributed by atoms with Gasteiger partial charge in [0, 0.05) is 10.4 Å². The normalized spacial score (nSPS) is 11.1. The number of aromatic carboxylic acids is 1. The summed E-state index contributed by atoms with van der Waals surface area (Å²) in [7, 11) is 0. The van der Waals surface area contributed by atoms with Crippen molar-refractivity contribution in [1.29, 1.82) is 0 Å². The van der Waals surface area contributed by atoms with E-state index in [4.69, 9.17) is 11.6 Å². The Morgan fingerprint density at radius 2 is 1.82 bits per heavy atom. The van der Waals surface area contributed by atoms with Gasteiger partial charge in [0.1, 0.15) is 0 Å². The third-order valence-corrected chi connectivity index (χ3v) is 3.54. The zero-order chi connectivity index (χ0) is 15.5. The van der Waals surface area contributed by atoms with Gasteiger partial charge < -0.3 is 5.11 Å². The minimum absolute atomic E-state index is 0.266. The van der Waals surface area contributed by atoms with Gasteiger partial charge in [-0.15, -0.1) is 0 Å². The summed E-state index contributed by atoms with van der Waals surface area (Å²) in [6.07, 6.45) is 3.55. The van der Waals surface area contributed by atoms with E-state index in [1.165, 1.54) is 0 Å². The predicted molar refractivity (Wildman–Crippen MR) is 89.1 cm³/mol. The van der Waals surface area contributed by atoms with Crippen LogP contribution in [0.5, 0.6) is 0 Å². The van der Waals surface area contributed by atoms with Crippen molar-refractivity contribution in [3.05, 3.63) is 76.4 Å². The molecule has 1 heterocycles. The number of hydrogen-bond donors (Lipinski definition) is 1. The van der Waals surface area contributed by atoms with Gasteiger partial charge in [-0.05, 0) is 35.9 Å². The van der Waals surface area contributed by atoms with Gasteiger partial charge >= 0.3 is 5.97 Å². The van der Waals surface area contributed by atoms with Crippen LogP contribution in [-0.2, 0) is 0 Å². The number of carboxylic acid groups (broad SMARTS) is 1. The van der Waals surface area contributed by atoms with Crippen molar-refractivity contribution >= 4 is 40.6 Å². The SMILES string of the molecule is O=C(O)c1ccccc1/C=C/c1ccc2ccc(Cl)cc2n1. The highest BCUT2D eigenvalue weighted by molar-refractivity contribution is 6.31. The van der Waals surface area contributed by atoms with Crippen molar-refractivity contribution in [2.24, 2.45) is 0 Å². The van der Waals surface area contributed by atoms with Crippen molar-refractivity contribution in [2.45, 2.75) is 0 Å². The molecule has 1 aromatic heterocycles. The molecule has 0 spiro atoms. The molecule has 3 aromatic rings. The molecule has 0 amide bonds. The summed E-state index contributed by atoms with van der Waals surface area (Å²) in [6.45, 7) is 0. The summed E-state index contributed by atoms with van der Waals surface area (Å²) in [5.74, 6) is -0.946. The van der Waals surface area contributed by atoms with Crippen LogP contribution in [0, 0.1) is 0 Å². The van der Waals surface area contributed by atoms with Crippen molar-refractivity contribution in [3.63, 3.8) is 0 Å². The van der Waals surface area contributed by atoms with Gasteiger partial charge in [0.25, 0.3) is 0 Å². The number of carbonyl (C=O) groups is 1. The second-order valence-electron chi connectivity index (χ2n) is 4.80. The molecule has 0 aliphatic heterocycles. The number of halogens is 1. The Hall–Kier alpha value is -2.65. The molecular weight excluding hydrogens is 298 g/mol. The molecule has 0 radical (unpaired) electrons. The van der Waals surface area contributed by atoms with Crippen LogP contribution in [-0.4, -0.2) is 16.1 Å². The van der Waals surface area contributed by atoms with Crippen LogP contribution in [0.25, 0.3) is 23.1 Å². The number of fused-ring (bicyclic) bond motifs is 1. The van der Waals surface area contributed by atoms with Crippen LogP contribution in [0.2, 0.25) is 5.02 Å². The lowest BCUT2D eigenvalue weighted by atomic mass is 10.1. The second-order valence-corrected chi connectivity index (χ2v) is 5.24. The van der Waals surface area contributed by atoms with E-state index in [1.807, 2.05) is 24.3 Å². The molecule has 0 saturated carbocycles. The van der Waals surface area contributed by atoms with E-state index < -0.39 is 5.97 Å². The van der Waals surface area contributed by atoms with Crippen LogP contribution >= 0.6 is 11.6 Å². The van der Waals surface area contributed by atoms with Crippen molar-refractivity contribution in [1.82, 2.24) is 4.98 Å². The second kappa shape index (κ2) is 6.00. The number of hydrogen-bond acceptors (Lipinski definition) is 2. The molecule has 0 unspecified atom stereocenters. The first kappa shape index (κ1) is 14.3. The quantitative estimate of drug-likeness (QED) is 0.759. The summed E-state index contributed by atoms with van der Waals surface area (Å²) in [5.41, 5.74) is 2.46. The number of aromatic nitrogens is 1. The Kier molecular flexibility index (Phi) is 3.90. The molecule has 0 fully saturated rings. The Morgan fingerprint density at radius 1 is 1.05 bits per heavy atom. The van der Waals surface area contributed by atoms with E-state index in [9.17, 15) is 9.90 Å². The molecule has 3 rings (SSSR count). The predicted octanol–water partition coefficient (Wildman–Crippen LogP) is 4.76. The van der Waals surface area contributed by atoms with E-state index in [0.717, 1.165) is 16.6 Å². The lowest BCUT2D eigenvalue weighted by Gasteiger charge is -2.01. The first-order valence-corrected chi connectivity index (χ1v) is 7.08. The highest BCUT2D eigenvalue weighted by atomic mass is 35.5. The minimum atomic E-state index is -0.946. The van der Waals surface area contributed by atoms with Crippen LogP contribution < -0.4 is 0 Å². The zero-order valence-electron chi connectivity index (χ0n) is 11.5. The fourth-order valence-corrected chi connectivity index (χ4v) is 2.38. The number of rotatable bonds is 3. The molecule has 1 N–H and O–H groups in total. The molecule has 0 aliphatic rings. The average molecular weight is 310 g/mol. The third kappa shape index (κ3) is 3.00. The van der Waals surface area contributed by atoms with Crippen molar-refractivity contribution < 1.29 is 9.90 Å². The molecule has 0 aliphatic carbocycles. The maximum absolute atomic E-state index is 11.2. The fourth-order valence-electron chi connectivity index (χ4n) is 2.21. The van der Waals surface area contributed by atoms with Gasteiger partial charge in [-0.1, -0.05) is 48.0 Å². The Bertz CT molecular complexity index is 887. The molecular formula is C18H12ClNO2. The third-order valence-electron chi connectivity index (χ3n) is 3.30. The number of nitrogens with zero attached hydrogens (tertiary/aromatic N) is 1. The molecule has 108 valence electrons. The summed E-state index contributed by atoms with van der Waals surface area (Å²) >= 11 is 5.98. The summed E-state index contributed by atoms with van der Waals surface area (Å²) in [4.78, 5) is 15.7. The van der Waals surface area contributed by atoms with E-state index in [1.54, 1.807) is 42.5 Å². The largest absolute Gasteiger partial charge is 0.478 e. The smallest absolute Gasteiger partial charge is 0.336 e. The zero-order valence-corrected chi connectivity index (χ0v) is 12.3. The van der Waals surface area contributed by atoms with Crippen molar-refractivity contribution in [2.75, 3.05) is 0 Å². The summed E-state index contributed by atoms with van der Waals surface area (Å²) in [5, 5.41) is 10.8. The van der Waals surface area contributed by atoms with Gasteiger partial charge in [0.05, 0.1) is 16.8 Å². The highest BCUT2D eigenvalue weighted by Crippen LogP contribution is 2.19. The Morgan fingerprint density at radius 3 is 2.64 bits per heavy atom. The molecule has 22 heavy (non-hydrogen) atoms. The van der Waals surface area contributed by atoms with Gasteiger partial charge in [0.15, 0.2) is 0 Å². The Balaban J connectivity index is 1.97. The standard InChI is InChI=1S/C18H12ClNO2/c19-14-8-5-13-7-10-15(20-17(13)11-14)9-6-12-3-1-2-4-16(12)18(21)22/h1-11H,(H,21,22)/b9-6+. The number of pyridine rings is 1. The summed E-state index contributed by atoms with van der Waals surface area (Å²) in [6, 6.07) is 16.2. The van der Waals surface area contributed by atoms with E-state index in [2.05, 4.69) is 4.98 Å². The van der Waals surface area contributed by atoms with Gasteiger partial charge in [0.2, 0.25) is 0 Å². The lowest BCUT2D eigenvalue weighted by Crippen LogP contribution is -1.98. The van der Waals surface area contributed by atoms with Crippen LogP contribution in [0.1, 0.15) is 21.6 Å². The number of benzene rings is 2. The number of carboxylic acids is 1. The molecule has 4 heteroatoms. The average Bonchev–Trinajstić information content (AvgIpc) is 2.52. The Labute approximate surface area is 132 Å². The van der Waals surface area contributed by atoms with E-state index in [0.29, 0.717) is 10.6 Å². The van der Waals surface area contributed by atoms with Crippen LogP contribution in [0.3, 0.4) is 0 Å². The first-order valence-electron chi connectivity index (χ1n) is 6.70. The molecule has 2 aromatic carbocycles. The maximum Gasteiger partial charge on any atom is 0.336 e. The molecule has 3 nitrogen and oxygen atoms in total. The minimum Gasteiger partial charge on any atom is -0.478 e. The molecule has 0 atom stereocenters. The van der Waals surface area contributed by atoms with Crippen LogP contribution in [0.15, 0.2) is 54.6 Å². The van der Waals surface area contributed by atoms with Crippen LogP contribution in [0.4, 0.5) is 0 Å². The molecule has 0 saturated heterocycles. The van der Waals surface area contributed by atoms with Crippen molar-refractivity contribution in [3.8, 4) is 0 Å². The van der Waals surface area contributed by atoms with Gasteiger partial charge in [-0.3, -0.25) is 0 Å². The monoisotopic (exact) mass is 309 g/mol. The molecule has 0 bridgehead atoms. The lowest BCUT2D eigenvalue weighted by molar-refractivity contribution is 0.0696. The topological polar surface area (TPSA) is 50.2 Å². The highest BCUT2D eigenvalue weighted by Gasteiger charge is 2.06. The van der Waals surface area contributed by atoms with E-state index in [-0.39, 0.29) is 5.56 Å². The maximum atomic E-state index is 11.2. The summed E-state index contributed by atoms with van der Waals surface area (Å²) < 4.78 is 0. The van der Waals surface area contributed by atoms with Gasteiger partial charge in [-0.2, -0.15) is 0 Å². The first-order chi connectivity index (χ1) is 10.6. The van der Waals surface area contributed by atoms with Gasteiger partial charge in [-0.25, -0.2) is 9.78 Å².